The fourth-order valence-corrected chi connectivity index (χ4v) is 5.13. The summed E-state index contributed by atoms with van der Waals surface area (Å²) in [6.45, 7) is 1.21. The van der Waals surface area contributed by atoms with Crippen molar-refractivity contribution in [3.63, 3.8) is 0 Å². The van der Waals surface area contributed by atoms with E-state index in [1.54, 1.807) is 36.7 Å². The van der Waals surface area contributed by atoms with Gasteiger partial charge in [-0.2, -0.15) is 0 Å². The zero-order chi connectivity index (χ0) is 23.4. The number of fused-ring (bicyclic) bond motifs is 1. The van der Waals surface area contributed by atoms with E-state index in [0.29, 0.717) is 17.4 Å². The van der Waals surface area contributed by atoms with Gasteiger partial charge in [-0.1, -0.05) is 29.5 Å². The summed E-state index contributed by atoms with van der Waals surface area (Å²) in [5.74, 6) is 0.558. The number of carbonyl (C=O) groups excluding carboxylic acids is 1. The minimum Gasteiger partial charge on any atom is -0.494 e. The predicted molar refractivity (Wildman–Crippen MR) is 129 cm³/mol. The molecule has 1 amide bonds. The lowest BCUT2D eigenvalue weighted by Gasteiger charge is -2.20. The fourth-order valence-electron chi connectivity index (χ4n) is 3.47. The summed E-state index contributed by atoms with van der Waals surface area (Å²) in [5, 5.41) is 0.609. The number of hydrogen-bond donors (Lipinski definition) is 0. The summed E-state index contributed by atoms with van der Waals surface area (Å²) in [5.41, 5.74) is 1.47. The van der Waals surface area contributed by atoms with Crippen LogP contribution < -0.4 is 9.64 Å². The summed E-state index contributed by atoms with van der Waals surface area (Å²) in [7, 11) is -1.69. The molecule has 33 heavy (non-hydrogen) atoms. The van der Waals surface area contributed by atoms with Gasteiger partial charge < -0.3 is 9.30 Å². The number of hydrogen-bond acceptors (Lipinski definition) is 7. The average molecular weight is 485 g/mol. The number of carbonyl (C=O) groups is 1. The van der Waals surface area contributed by atoms with E-state index in [0.717, 1.165) is 35.0 Å². The second-order valence-electron chi connectivity index (χ2n) is 7.60. The molecule has 0 bridgehead atoms. The van der Waals surface area contributed by atoms with Crippen molar-refractivity contribution in [2.75, 3.05) is 24.8 Å². The van der Waals surface area contributed by atoms with Crippen LogP contribution in [0.5, 0.6) is 5.75 Å². The largest absolute Gasteiger partial charge is 0.494 e. The first-order valence-corrected chi connectivity index (χ1v) is 13.0. The van der Waals surface area contributed by atoms with Crippen LogP contribution in [0.1, 0.15) is 12.0 Å². The lowest BCUT2D eigenvalue weighted by Crippen LogP contribution is -2.33. The molecule has 0 aliphatic rings. The van der Waals surface area contributed by atoms with Crippen molar-refractivity contribution in [1.82, 2.24) is 14.5 Å². The number of aryl methyl sites for hydroxylation is 1. The highest BCUT2D eigenvalue weighted by atomic mass is 32.2. The molecule has 4 rings (SSSR count). The molecule has 0 fully saturated rings. The zero-order valence-corrected chi connectivity index (χ0v) is 20.0. The molecule has 0 saturated heterocycles. The van der Waals surface area contributed by atoms with E-state index in [-0.39, 0.29) is 17.2 Å². The lowest BCUT2D eigenvalue weighted by atomic mass is 10.1. The Balaban J connectivity index is 1.58. The SMILES string of the molecule is COc1cccc2sc(N(CCCn3ccnc3)C(=O)Cc3ccc(S(C)(=O)=O)cc3)nc12. The standard InChI is InChI=1S/C23H24N4O4S2/c1-31-19-5-3-6-20-22(19)25-23(32-20)27(13-4-12-26-14-11-24-16-26)21(28)15-17-7-9-18(10-8-17)33(2,29)30/h3,5-11,14,16H,4,12-13,15H2,1-2H3. The van der Waals surface area contributed by atoms with Gasteiger partial charge in [-0.25, -0.2) is 18.4 Å². The highest BCUT2D eigenvalue weighted by Gasteiger charge is 2.21. The van der Waals surface area contributed by atoms with Crippen LogP contribution >= 0.6 is 11.3 Å². The molecule has 0 N–H and O–H groups in total. The number of sulfone groups is 1. The van der Waals surface area contributed by atoms with E-state index in [4.69, 9.17) is 9.72 Å². The lowest BCUT2D eigenvalue weighted by molar-refractivity contribution is -0.118. The first-order chi connectivity index (χ1) is 15.8. The van der Waals surface area contributed by atoms with Gasteiger partial charge in [-0.15, -0.1) is 0 Å². The molecule has 8 nitrogen and oxygen atoms in total. The number of para-hydroxylation sites is 1. The Bertz CT molecular complexity index is 1350. The van der Waals surface area contributed by atoms with Gasteiger partial charge >= 0.3 is 0 Å². The highest BCUT2D eigenvalue weighted by Crippen LogP contribution is 2.34. The van der Waals surface area contributed by atoms with Crippen LogP contribution in [0.3, 0.4) is 0 Å². The number of anilines is 1. The third-order valence-corrected chi connectivity index (χ3v) is 7.36. The molecular formula is C23H24N4O4S2. The second-order valence-corrected chi connectivity index (χ2v) is 10.6. The van der Waals surface area contributed by atoms with Gasteiger partial charge in [0, 0.05) is 31.7 Å². The van der Waals surface area contributed by atoms with Crippen LogP contribution in [0.25, 0.3) is 10.2 Å². The van der Waals surface area contributed by atoms with Gasteiger partial charge in [-0.3, -0.25) is 9.69 Å². The van der Waals surface area contributed by atoms with E-state index in [1.165, 1.54) is 23.5 Å². The first kappa shape index (κ1) is 22.9. The van der Waals surface area contributed by atoms with E-state index in [9.17, 15) is 13.2 Å². The third kappa shape index (κ3) is 5.40. The maximum atomic E-state index is 13.3. The fraction of sp³-hybridized carbons (Fsp3) is 0.261. The minimum atomic E-state index is -3.29. The molecule has 2 aromatic carbocycles. The number of benzene rings is 2. The van der Waals surface area contributed by atoms with Crippen molar-refractivity contribution < 1.29 is 17.9 Å². The van der Waals surface area contributed by atoms with Crippen LogP contribution in [0.4, 0.5) is 5.13 Å². The molecule has 0 atom stereocenters. The quantitative estimate of drug-likeness (QED) is 0.361. The number of thiazole rings is 1. The smallest absolute Gasteiger partial charge is 0.233 e. The number of amides is 1. The Labute approximate surface area is 196 Å². The van der Waals surface area contributed by atoms with E-state index < -0.39 is 9.84 Å². The van der Waals surface area contributed by atoms with Gasteiger partial charge in [0.2, 0.25) is 5.91 Å². The van der Waals surface area contributed by atoms with E-state index >= 15 is 0 Å². The number of methoxy groups -OCH3 is 1. The Morgan fingerprint density at radius 2 is 1.97 bits per heavy atom. The molecule has 2 aromatic heterocycles. The molecule has 10 heteroatoms. The molecule has 0 spiro atoms. The molecule has 2 heterocycles. The maximum Gasteiger partial charge on any atom is 0.233 e. The van der Waals surface area contributed by atoms with Gasteiger partial charge in [0.25, 0.3) is 0 Å². The minimum absolute atomic E-state index is 0.106. The van der Waals surface area contributed by atoms with Crippen LogP contribution in [-0.2, 0) is 27.6 Å². The van der Waals surface area contributed by atoms with Crippen molar-refractivity contribution in [2.45, 2.75) is 24.3 Å². The van der Waals surface area contributed by atoms with Crippen molar-refractivity contribution in [2.24, 2.45) is 0 Å². The van der Waals surface area contributed by atoms with Gasteiger partial charge in [0.1, 0.15) is 11.3 Å². The number of rotatable bonds is 9. The Morgan fingerprint density at radius 1 is 1.18 bits per heavy atom. The second kappa shape index (κ2) is 9.72. The van der Waals surface area contributed by atoms with Crippen LogP contribution in [0, 0.1) is 0 Å². The molecule has 172 valence electrons. The topological polar surface area (TPSA) is 94.4 Å². The van der Waals surface area contributed by atoms with Crippen molar-refractivity contribution in [3.8, 4) is 5.75 Å². The number of imidazole rings is 1. The van der Waals surface area contributed by atoms with Crippen LogP contribution in [-0.4, -0.2) is 48.8 Å². The summed E-state index contributed by atoms with van der Waals surface area (Å²) in [6.07, 6.45) is 7.39. The molecule has 0 aliphatic carbocycles. The normalized spacial score (nSPS) is 11.6. The summed E-state index contributed by atoms with van der Waals surface area (Å²) >= 11 is 1.44. The maximum absolute atomic E-state index is 13.3. The van der Waals surface area contributed by atoms with E-state index in [1.807, 2.05) is 29.0 Å². The Hall–Kier alpha value is -3.24. The van der Waals surface area contributed by atoms with Crippen LogP contribution in [0.2, 0.25) is 0 Å². The zero-order valence-electron chi connectivity index (χ0n) is 18.3. The average Bonchev–Trinajstić information content (AvgIpc) is 3.45. The molecule has 0 unspecified atom stereocenters. The Kier molecular flexibility index (Phi) is 6.75. The molecule has 0 radical (unpaired) electrons. The van der Waals surface area contributed by atoms with Crippen molar-refractivity contribution in [3.05, 3.63) is 66.7 Å². The van der Waals surface area contributed by atoms with Crippen molar-refractivity contribution >= 4 is 42.4 Å². The molecular weight excluding hydrogens is 460 g/mol. The molecule has 0 aliphatic heterocycles. The van der Waals surface area contributed by atoms with Gasteiger partial charge in [0.05, 0.1) is 29.5 Å². The third-order valence-electron chi connectivity index (χ3n) is 5.19. The van der Waals surface area contributed by atoms with Gasteiger partial charge in [0.15, 0.2) is 15.0 Å². The monoisotopic (exact) mass is 484 g/mol. The highest BCUT2D eigenvalue weighted by molar-refractivity contribution is 7.90. The summed E-state index contributed by atoms with van der Waals surface area (Å²) in [6, 6.07) is 12.1. The number of ether oxygens (including phenoxy) is 1. The molecule has 4 aromatic rings. The number of nitrogens with zero attached hydrogens (tertiary/aromatic N) is 4. The summed E-state index contributed by atoms with van der Waals surface area (Å²) < 4.78 is 31.8. The predicted octanol–water partition coefficient (Wildman–Crippen LogP) is 3.57. The van der Waals surface area contributed by atoms with Gasteiger partial charge in [-0.05, 0) is 36.2 Å². The Morgan fingerprint density at radius 3 is 2.64 bits per heavy atom. The van der Waals surface area contributed by atoms with E-state index in [2.05, 4.69) is 4.98 Å². The molecule has 0 saturated carbocycles. The van der Waals surface area contributed by atoms with Crippen LogP contribution in [0.15, 0.2) is 66.1 Å². The van der Waals surface area contributed by atoms with Crippen molar-refractivity contribution in [1.29, 1.82) is 0 Å². The first-order valence-electron chi connectivity index (χ1n) is 10.3. The summed E-state index contributed by atoms with van der Waals surface area (Å²) in [4.78, 5) is 24.0. The number of aromatic nitrogens is 3.